The Bertz CT molecular complexity index is 483. The summed E-state index contributed by atoms with van der Waals surface area (Å²) in [6, 6.07) is 1.06. The van der Waals surface area contributed by atoms with Crippen molar-refractivity contribution < 1.29 is 29.8 Å². The summed E-state index contributed by atoms with van der Waals surface area (Å²) in [5.41, 5.74) is -0.263. The number of nitrogens with zero attached hydrogens (tertiary/aromatic N) is 1. The van der Waals surface area contributed by atoms with E-state index >= 15 is 0 Å². The van der Waals surface area contributed by atoms with Gasteiger partial charge in [-0.05, 0) is 6.07 Å². The van der Waals surface area contributed by atoms with Crippen molar-refractivity contribution in [2.75, 3.05) is 0 Å². The number of aldehydes is 1. The monoisotopic (exact) mass is 275 g/mol. The van der Waals surface area contributed by atoms with E-state index in [0.717, 1.165) is 6.07 Å². The van der Waals surface area contributed by atoms with E-state index in [1.54, 1.807) is 0 Å². The van der Waals surface area contributed by atoms with Gasteiger partial charge in [0, 0.05) is 0 Å². The normalized spacial score (nSPS) is 13.9. The maximum atomic E-state index is 10.7. The summed E-state index contributed by atoms with van der Waals surface area (Å²) in [6.45, 7) is 0. The molecular weight excluding hydrogens is 266 g/mol. The van der Waals surface area contributed by atoms with E-state index in [0.29, 0.717) is 17.6 Å². The quantitative estimate of drug-likeness (QED) is 0.386. The van der Waals surface area contributed by atoms with Crippen molar-refractivity contribution in [3.05, 3.63) is 26.6 Å². The van der Waals surface area contributed by atoms with Crippen LogP contribution in [0, 0.1) is 10.1 Å². The first-order valence-electron chi connectivity index (χ1n) is 4.68. The van der Waals surface area contributed by atoms with Crippen LogP contribution in [0.5, 0.6) is 0 Å². The number of aliphatic hydroxyl groups is 2. The second kappa shape index (κ2) is 5.67. The minimum atomic E-state index is -1.73. The summed E-state index contributed by atoms with van der Waals surface area (Å²) in [5.74, 6) is -1.35. The Hall–Kier alpha value is -1.84. The molecule has 18 heavy (non-hydrogen) atoms. The van der Waals surface area contributed by atoms with Gasteiger partial charge in [0.25, 0.3) is 0 Å². The lowest BCUT2D eigenvalue weighted by atomic mass is 10.0. The van der Waals surface area contributed by atoms with Gasteiger partial charge in [-0.3, -0.25) is 19.7 Å². The Labute approximate surface area is 104 Å². The minimum absolute atomic E-state index is 0.0123. The van der Waals surface area contributed by atoms with E-state index in [9.17, 15) is 29.9 Å². The van der Waals surface area contributed by atoms with Gasteiger partial charge in [-0.1, -0.05) is 11.3 Å². The lowest BCUT2D eigenvalue weighted by molar-refractivity contribution is -0.381. The SMILES string of the molecule is O=Cc1cc(C(O)C(O)CC(=O)O)c([N+](=O)[O-])s1. The van der Waals surface area contributed by atoms with Crippen LogP contribution in [-0.2, 0) is 4.79 Å². The highest BCUT2D eigenvalue weighted by Crippen LogP contribution is 2.35. The highest BCUT2D eigenvalue weighted by Gasteiger charge is 2.30. The van der Waals surface area contributed by atoms with Crippen LogP contribution in [0.2, 0.25) is 0 Å². The van der Waals surface area contributed by atoms with Crippen LogP contribution >= 0.6 is 11.3 Å². The van der Waals surface area contributed by atoms with Crippen LogP contribution in [0.1, 0.15) is 27.8 Å². The van der Waals surface area contributed by atoms with Crippen molar-refractivity contribution in [2.24, 2.45) is 0 Å². The maximum absolute atomic E-state index is 10.7. The van der Waals surface area contributed by atoms with Crippen molar-refractivity contribution in [1.82, 2.24) is 0 Å². The predicted octanol–water partition coefficient (Wildman–Crippen LogP) is 0.338. The molecule has 1 rings (SSSR count). The third-order valence-electron chi connectivity index (χ3n) is 2.11. The van der Waals surface area contributed by atoms with Gasteiger partial charge >= 0.3 is 11.0 Å². The van der Waals surface area contributed by atoms with Crippen molar-refractivity contribution in [1.29, 1.82) is 0 Å². The first-order chi connectivity index (χ1) is 8.36. The molecule has 2 unspecified atom stereocenters. The third kappa shape index (κ3) is 3.09. The largest absolute Gasteiger partial charge is 0.481 e. The number of rotatable bonds is 6. The van der Waals surface area contributed by atoms with Crippen LogP contribution in [0.25, 0.3) is 0 Å². The molecule has 0 amide bonds. The Morgan fingerprint density at radius 2 is 2.17 bits per heavy atom. The average Bonchev–Trinajstić information content (AvgIpc) is 2.71. The molecule has 0 fully saturated rings. The molecule has 0 aliphatic heterocycles. The summed E-state index contributed by atoms with van der Waals surface area (Å²) < 4.78 is 0. The van der Waals surface area contributed by atoms with Crippen LogP contribution in [0.15, 0.2) is 6.07 Å². The zero-order chi connectivity index (χ0) is 13.9. The molecule has 0 saturated carbocycles. The number of hydrogen-bond acceptors (Lipinski definition) is 7. The van der Waals surface area contributed by atoms with E-state index in [4.69, 9.17) is 5.11 Å². The molecule has 0 spiro atoms. The van der Waals surface area contributed by atoms with Crippen molar-refractivity contribution in [3.8, 4) is 0 Å². The maximum Gasteiger partial charge on any atom is 0.330 e. The molecular formula is C9H9NO7S. The van der Waals surface area contributed by atoms with Crippen molar-refractivity contribution in [3.63, 3.8) is 0 Å². The second-order valence-corrected chi connectivity index (χ2v) is 4.46. The molecule has 0 aliphatic carbocycles. The smallest absolute Gasteiger partial charge is 0.330 e. The standard InChI is InChI=1S/C9H9NO7S/c11-3-4-1-5(9(18-4)10(16)17)8(15)6(12)2-7(13)14/h1,3,6,8,12,15H,2H2,(H,13,14). The highest BCUT2D eigenvalue weighted by molar-refractivity contribution is 7.17. The van der Waals surface area contributed by atoms with Gasteiger partial charge in [0.1, 0.15) is 6.10 Å². The molecule has 1 aromatic rings. The van der Waals surface area contributed by atoms with Crippen LogP contribution in [0.4, 0.5) is 5.00 Å². The van der Waals surface area contributed by atoms with E-state index in [-0.39, 0.29) is 10.4 Å². The van der Waals surface area contributed by atoms with E-state index in [2.05, 4.69) is 0 Å². The number of aliphatic carboxylic acids is 1. The number of aliphatic hydroxyl groups excluding tert-OH is 2. The summed E-state index contributed by atoms with van der Waals surface area (Å²) in [7, 11) is 0. The fourth-order valence-corrected chi connectivity index (χ4v) is 2.15. The van der Waals surface area contributed by atoms with Crippen molar-refractivity contribution in [2.45, 2.75) is 18.6 Å². The highest BCUT2D eigenvalue weighted by atomic mass is 32.1. The predicted molar refractivity (Wildman–Crippen MR) is 59.6 cm³/mol. The van der Waals surface area contributed by atoms with Crippen LogP contribution in [-0.4, -0.2) is 38.6 Å². The van der Waals surface area contributed by atoms with Gasteiger partial charge in [0.2, 0.25) is 0 Å². The molecule has 8 nitrogen and oxygen atoms in total. The lowest BCUT2D eigenvalue weighted by Gasteiger charge is -2.14. The molecule has 1 heterocycles. The molecule has 98 valence electrons. The van der Waals surface area contributed by atoms with Gasteiger partial charge < -0.3 is 15.3 Å². The van der Waals surface area contributed by atoms with Gasteiger partial charge in [0.05, 0.1) is 27.9 Å². The number of carbonyl (C=O) groups excluding carboxylic acids is 1. The molecule has 1 aromatic heterocycles. The molecule has 2 atom stereocenters. The summed E-state index contributed by atoms with van der Waals surface area (Å²) in [6.07, 6.45) is -3.80. The average molecular weight is 275 g/mol. The molecule has 0 saturated heterocycles. The van der Waals surface area contributed by atoms with E-state index in [1.807, 2.05) is 0 Å². The summed E-state index contributed by atoms with van der Waals surface area (Å²) in [5, 5.41) is 37.7. The van der Waals surface area contributed by atoms with Crippen molar-refractivity contribution >= 4 is 28.6 Å². The molecule has 0 aromatic carbocycles. The minimum Gasteiger partial charge on any atom is -0.481 e. The fourth-order valence-electron chi connectivity index (χ4n) is 1.33. The zero-order valence-corrected chi connectivity index (χ0v) is 9.66. The first kappa shape index (κ1) is 14.2. The molecule has 0 radical (unpaired) electrons. The van der Waals surface area contributed by atoms with Crippen LogP contribution < -0.4 is 0 Å². The number of carboxylic acid groups (broad SMARTS) is 1. The van der Waals surface area contributed by atoms with Gasteiger partial charge in [-0.2, -0.15) is 0 Å². The Morgan fingerprint density at radius 3 is 2.61 bits per heavy atom. The fraction of sp³-hybridized carbons (Fsp3) is 0.333. The topological polar surface area (TPSA) is 138 Å². The second-order valence-electron chi connectivity index (χ2n) is 3.39. The number of nitro groups is 1. The van der Waals surface area contributed by atoms with Gasteiger partial charge in [-0.25, -0.2) is 0 Å². The molecule has 0 aliphatic rings. The summed E-state index contributed by atoms with van der Waals surface area (Å²) >= 11 is 0.547. The molecule has 0 bridgehead atoms. The Morgan fingerprint density at radius 1 is 1.56 bits per heavy atom. The van der Waals surface area contributed by atoms with E-state index < -0.39 is 34.5 Å². The first-order valence-corrected chi connectivity index (χ1v) is 5.49. The van der Waals surface area contributed by atoms with Crippen LogP contribution in [0.3, 0.4) is 0 Å². The van der Waals surface area contributed by atoms with E-state index in [1.165, 1.54) is 0 Å². The molecule has 9 heteroatoms. The molecule has 3 N–H and O–H groups in total. The number of carboxylic acids is 1. The number of hydrogen-bond donors (Lipinski definition) is 3. The lowest BCUT2D eigenvalue weighted by Crippen LogP contribution is -2.21. The van der Waals surface area contributed by atoms with Gasteiger partial charge in [-0.15, -0.1) is 0 Å². The number of thiophene rings is 1. The Balaban J connectivity index is 3.06. The number of carbonyl (C=O) groups is 2. The third-order valence-corrected chi connectivity index (χ3v) is 3.14. The van der Waals surface area contributed by atoms with Gasteiger partial charge in [0.15, 0.2) is 6.29 Å². The zero-order valence-electron chi connectivity index (χ0n) is 8.85. The summed E-state index contributed by atoms with van der Waals surface area (Å²) in [4.78, 5) is 30.8. The Kier molecular flexibility index (Phi) is 4.48.